The fraction of sp³-hybridized carbons (Fsp3) is 1.00. The van der Waals surface area contributed by atoms with Crippen molar-refractivity contribution in [3.63, 3.8) is 0 Å². The number of aliphatic hydroxyl groups is 2. The molecular weight excluding hydrogens is 296 g/mol. The van der Waals surface area contributed by atoms with Gasteiger partial charge in [0.15, 0.2) is 0 Å². The summed E-state index contributed by atoms with van der Waals surface area (Å²) in [6, 6.07) is 0. The molecule has 0 bridgehead atoms. The van der Waals surface area contributed by atoms with Gasteiger partial charge in [-0.3, -0.25) is 0 Å². The molecule has 140 valence electrons. The topological polar surface area (TPSA) is 40.5 Å². The van der Waals surface area contributed by atoms with Crippen molar-refractivity contribution in [2.75, 3.05) is 0 Å². The summed E-state index contributed by atoms with van der Waals surface area (Å²) in [4.78, 5) is 0. The zero-order chi connectivity index (χ0) is 17.4. The second-order valence-corrected chi connectivity index (χ2v) is 10.2. The normalized spacial score (nSPS) is 47.8. The second kappa shape index (κ2) is 7.27. The van der Waals surface area contributed by atoms with E-state index in [-0.39, 0.29) is 11.2 Å². The van der Waals surface area contributed by atoms with Crippen molar-refractivity contribution in [1.29, 1.82) is 0 Å². The molecule has 0 saturated heterocycles. The summed E-state index contributed by atoms with van der Waals surface area (Å²) in [5, 5.41) is 20.2. The van der Waals surface area contributed by atoms with Crippen LogP contribution in [-0.2, 0) is 0 Å². The highest BCUT2D eigenvalue weighted by Crippen LogP contribution is 2.49. The van der Waals surface area contributed by atoms with E-state index in [9.17, 15) is 10.2 Å². The third kappa shape index (κ3) is 4.18. The standard InChI is InChI=1S/C12H22O.C10H18O/c1-9(2)12(13)7-10-5-3-4-6-11(10)8-12;1-10(11)6-8-4-2-3-5-9(8)7-10/h9-11,13H,3-8H2,1-2H3;8-9,11H,2-7H2,1H3. The van der Waals surface area contributed by atoms with Gasteiger partial charge < -0.3 is 10.2 Å². The minimum atomic E-state index is -0.320. The lowest BCUT2D eigenvalue weighted by atomic mass is 9.82. The van der Waals surface area contributed by atoms with Crippen LogP contribution in [0.1, 0.15) is 97.8 Å². The van der Waals surface area contributed by atoms with Gasteiger partial charge in [-0.2, -0.15) is 0 Å². The Kier molecular flexibility index (Phi) is 5.67. The second-order valence-electron chi connectivity index (χ2n) is 10.2. The summed E-state index contributed by atoms with van der Waals surface area (Å²) in [5.74, 6) is 3.86. The van der Waals surface area contributed by atoms with Crippen LogP contribution in [0.15, 0.2) is 0 Å². The molecule has 4 rings (SSSR count). The Morgan fingerprint density at radius 3 is 1.33 bits per heavy atom. The van der Waals surface area contributed by atoms with Gasteiger partial charge in [0.1, 0.15) is 0 Å². The average molecular weight is 337 g/mol. The number of hydrogen-bond acceptors (Lipinski definition) is 2. The maximum Gasteiger partial charge on any atom is 0.0676 e. The van der Waals surface area contributed by atoms with E-state index in [4.69, 9.17) is 0 Å². The van der Waals surface area contributed by atoms with Crippen LogP contribution in [0.5, 0.6) is 0 Å². The van der Waals surface area contributed by atoms with Crippen molar-refractivity contribution in [1.82, 2.24) is 0 Å². The van der Waals surface area contributed by atoms with E-state index in [2.05, 4.69) is 13.8 Å². The number of fused-ring (bicyclic) bond motifs is 2. The Morgan fingerprint density at radius 1 is 0.667 bits per heavy atom. The molecule has 0 aromatic carbocycles. The average Bonchev–Trinajstić information content (AvgIpc) is 3.02. The summed E-state index contributed by atoms with van der Waals surface area (Å²) in [7, 11) is 0. The van der Waals surface area contributed by atoms with Crippen molar-refractivity contribution in [2.45, 2.75) is 109 Å². The Labute approximate surface area is 149 Å². The van der Waals surface area contributed by atoms with Crippen molar-refractivity contribution < 1.29 is 10.2 Å². The first-order chi connectivity index (χ1) is 11.3. The van der Waals surface area contributed by atoms with Crippen molar-refractivity contribution in [3.8, 4) is 0 Å². The van der Waals surface area contributed by atoms with Gasteiger partial charge >= 0.3 is 0 Å². The molecule has 4 atom stereocenters. The minimum Gasteiger partial charge on any atom is -0.390 e. The Morgan fingerprint density at radius 2 is 1.00 bits per heavy atom. The monoisotopic (exact) mass is 336 g/mol. The molecule has 4 saturated carbocycles. The fourth-order valence-electron chi connectivity index (χ4n) is 6.32. The fourth-order valence-corrected chi connectivity index (χ4v) is 6.32. The smallest absolute Gasteiger partial charge is 0.0676 e. The predicted octanol–water partition coefficient (Wildman–Crippen LogP) is 5.31. The molecule has 0 aliphatic heterocycles. The van der Waals surface area contributed by atoms with Crippen LogP contribution in [0.25, 0.3) is 0 Å². The third-order valence-corrected chi connectivity index (χ3v) is 7.84. The first-order valence-electron chi connectivity index (χ1n) is 10.7. The van der Waals surface area contributed by atoms with Crippen molar-refractivity contribution >= 4 is 0 Å². The highest BCUT2D eigenvalue weighted by Gasteiger charge is 2.46. The molecule has 2 nitrogen and oxygen atoms in total. The van der Waals surface area contributed by atoms with E-state index in [1.807, 2.05) is 6.92 Å². The minimum absolute atomic E-state index is 0.320. The maximum absolute atomic E-state index is 10.4. The van der Waals surface area contributed by atoms with E-state index in [1.165, 1.54) is 51.4 Å². The van der Waals surface area contributed by atoms with Crippen LogP contribution in [0, 0.1) is 29.6 Å². The van der Waals surface area contributed by atoms with Crippen LogP contribution >= 0.6 is 0 Å². The van der Waals surface area contributed by atoms with Crippen LogP contribution in [0.2, 0.25) is 0 Å². The molecule has 4 aliphatic carbocycles. The zero-order valence-electron chi connectivity index (χ0n) is 16.3. The molecule has 0 radical (unpaired) electrons. The molecule has 4 fully saturated rings. The van der Waals surface area contributed by atoms with E-state index in [1.54, 1.807) is 0 Å². The first kappa shape index (κ1) is 18.7. The lowest BCUT2D eigenvalue weighted by Gasteiger charge is -2.27. The molecule has 0 heterocycles. The van der Waals surface area contributed by atoms with Gasteiger partial charge in [-0.25, -0.2) is 0 Å². The lowest BCUT2D eigenvalue weighted by molar-refractivity contribution is -0.00394. The molecule has 0 aromatic rings. The highest BCUT2D eigenvalue weighted by atomic mass is 16.3. The Balaban J connectivity index is 0.000000143. The van der Waals surface area contributed by atoms with Gasteiger partial charge in [-0.05, 0) is 62.2 Å². The van der Waals surface area contributed by atoms with Crippen LogP contribution in [0.3, 0.4) is 0 Å². The van der Waals surface area contributed by atoms with E-state index < -0.39 is 0 Å². The quantitative estimate of drug-likeness (QED) is 0.681. The largest absolute Gasteiger partial charge is 0.390 e. The van der Waals surface area contributed by atoms with Gasteiger partial charge in [0.25, 0.3) is 0 Å². The molecular formula is C22H40O2. The first-order valence-corrected chi connectivity index (χ1v) is 10.7. The summed E-state index contributed by atoms with van der Waals surface area (Å²) in [6.07, 6.45) is 15.4. The Bertz CT molecular complexity index is 384. The molecule has 2 heteroatoms. The van der Waals surface area contributed by atoms with Crippen LogP contribution < -0.4 is 0 Å². The van der Waals surface area contributed by atoms with E-state index in [0.29, 0.717) is 5.92 Å². The third-order valence-electron chi connectivity index (χ3n) is 7.84. The van der Waals surface area contributed by atoms with Gasteiger partial charge in [0, 0.05) is 0 Å². The van der Waals surface area contributed by atoms with Crippen LogP contribution in [0.4, 0.5) is 0 Å². The molecule has 4 unspecified atom stereocenters. The zero-order valence-corrected chi connectivity index (χ0v) is 16.3. The van der Waals surface area contributed by atoms with Gasteiger partial charge in [-0.15, -0.1) is 0 Å². The summed E-state index contributed by atoms with van der Waals surface area (Å²) in [6.45, 7) is 6.33. The summed E-state index contributed by atoms with van der Waals surface area (Å²) >= 11 is 0. The van der Waals surface area contributed by atoms with E-state index in [0.717, 1.165) is 49.4 Å². The highest BCUT2D eigenvalue weighted by molar-refractivity contribution is 4.97. The number of hydrogen-bond donors (Lipinski definition) is 2. The van der Waals surface area contributed by atoms with Crippen LogP contribution in [-0.4, -0.2) is 21.4 Å². The van der Waals surface area contributed by atoms with Gasteiger partial charge in [-0.1, -0.05) is 65.2 Å². The Hall–Kier alpha value is -0.0800. The van der Waals surface area contributed by atoms with Crippen molar-refractivity contribution in [3.05, 3.63) is 0 Å². The summed E-state index contributed by atoms with van der Waals surface area (Å²) < 4.78 is 0. The number of rotatable bonds is 1. The van der Waals surface area contributed by atoms with Crippen molar-refractivity contribution in [2.24, 2.45) is 29.6 Å². The molecule has 0 aromatic heterocycles. The van der Waals surface area contributed by atoms with E-state index >= 15 is 0 Å². The van der Waals surface area contributed by atoms with Gasteiger partial charge in [0.05, 0.1) is 11.2 Å². The molecule has 2 N–H and O–H groups in total. The maximum atomic E-state index is 10.4. The molecule has 24 heavy (non-hydrogen) atoms. The lowest BCUT2D eigenvalue weighted by Crippen LogP contribution is -2.31. The summed E-state index contributed by atoms with van der Waals surface area (Å²) in [5.41, 5.74) is -0.640. The molecule has 4 aliphatic rings. The SMILES string of the molecule is CC(C)C1(O)CC2CCCCC2C1.CC1(O)CC2CCCCC2C1. The predicted molar refractivity (Wildman–Crippen MR) is 99.8 cm³/mol. The van der Waals surface area contributed by atoms with Gasteiger partial charge in [0.2, 0.25) is 0 Å². The molecule has 0 amide bonds. The molecule has 0 spiro atoms.